The third-order valence-electron chi connectivity index (χ3n) is 3.64. The van der Waals surface area contributed by atoms with Crippen molar-refractivity contribution in [3.63, 3.8) is 0 Å². The number of rotatable bonds is 4. The summed E-state index contributed by atoms with van der Waals surface area (Å²) >= 11 is 0. The summed E-state index contributed by atoms with van der Waals surface area (Å²) in [5.74, 6) is -0.719. The van der Waals surface area contributed by atoms with Crippen LogP contribution in [0.15, 0.2) is 48.5 Å². The molecule has 0 saturated carbocycles. The number of ketones is 2. The highest BCUT2D eigenvalue weighted by molar-refractivity contribution is 6.19. The molecule has 0 saturated heterocycles. The number of nitriles is 2. The molecule has 0 unspecified atom stereocenters. The topological polar surface area (TPSA) is 81.7 Å². The van der Waals surface area contributed by atoms with Gasteiger partial charge in [-0.2, -0.15) is 10.5 Å². The van der Waals surface area contributed by atoms with E-state index in [9.17, 15) is 9.59 Å². The van der Waals surface area contributed by atoms with E-state index in [1.54, 1.807) is 50.2 Å². The van der Waals surface area contributed by atoms with Crippen LogP contribution in [0.3, 0.4) is 0 Å². The molecule has 0 aliphatic carbocycles. The summed E-state index contributed by atoms with van der Waals surface area (Å²) in [5, 5.41) is 17.9. The van der Waals surface area contributed by atoms with Crippen molar-refractivity contribution < 1.29 is 9.59 Å². The van der Waals surface area contributed by atoms with Gasteiger partial charge in [0.05, 0.1) is 28.7 Å². The van der Waals surface area contributed by atoms with Crippen LogP contribution in [0.4, 0.5) is 0 Å². The highest BCUT2D eigenvalue weighted by Crippen LogP contribution is 2.27. The second kappa shape index (κ2) is 6.25. The Morgan fingerprint density at radius 2 is 1.22 bits per heavy atom. The Hall–Kier alpha value is -3.24. The molecular weight excluding hydrogens is 288 g/mol. The number of Topliss-reactive ketones (excluding diaryl/α,β-unsaturated/α-hetero) is 2. The van der Waals surface area contributed by atoms with E-state index in [-0.39, 0.29) is 11.6 Å². The summed E-state index contributed by atoms with van der Waals surface area (Å²) in [4.78, 5) is 25.4. The van der Waals surface area contributed by atoms with Crippen LogP contribution in [-0.4, -0.2) is 11.6 Å². The van der Waals surface area contributed by atoms with Crippen LogP contribution in [0.2, 0.25) is 0 Å². The summed E-state index contributed by atoms with van der Waals surface area (Å²) in [5.41, 5.74) is 0.0798. The predicted molar refractivity (Wildman–Crippen MR) is 84.8 cm³/mol. The molecule has 112 valence electrons. The van der Waals surface area contributed by atoms with Crippen molar-refractivity contribution >= 4 is 11.6 Å². The molecule has 0 radical (unpaired) electrons. The standard InChI is InChI=1S/C19H14N2O2/c1-19(2,17(22)15-7-3-5-13(9-15)11-20)18(23)16-8-4-6-14(10-16)12-21/h3-10H,1-2H3. The molecule has 2 aromatic carbocycles. The van der Waals surface area contributed by atoms with Gasteiger partial charge in [0.1, 0.15) is 0 Å². The average Bonchev–Trinajstić information content (AvgIpc) is 2.60. The summed E-state index contributed by atoms with van der Waals surface area (Å²) < 4.78 is 0. The Morgan fingerprint density at radius 1 is 0.826 bits per heavy atom. The van der Waals surface area contributed by atoms with Gasteiger partial charge in [0.2, 0.25) is 0 Å². The van der Waals surface area contributed by atoms with Gasteiger partial charge in [0.25, 0.3) is 0 Å². The number of nitrogens with zero attached hydrogens (tertiary/aromatic N) is 2. The van der Waals surface area contributed by atoms with Crippen LogP contribution in [0.1, 0.15) is 45.7 Å². The summed E-state index contributed by atoms with van der Waals surface area (Å²) in [6.45, 7) is 3.10. The third-order valence-corrected chi connectivity index (χ3v) is 3.64. The lowest BCUT2D eigenvalue weighted by atomic mass is 9.77. The lowest BCUT2D eigenvalue weighted by Gasteiger charge is -2.22. The van der Waals surface area contributed by atoms with E-state index < -0.39 is 5.41 Å². The monoisotopic (exact) mass is 302 g/mol. The van der Waals surface area contributed by atoms with Crippen LogP contribution < -0.4 is 0 Å². The van der Waals surface area contributed by atoms with E-state index in [0.29, 0.717) is 22.3 Å². The molecule has 0 fully saturated rings. The minimum Gasteiger partial charge on any atom is -0.293 e. The smallest absolute Gasteiger partial charge is 0.176 e. The van der Waals surface area contributed by atoms with Gasteiger partial charge < -0.3 is 0 Å². The SMILES string of the molecule is CC(C)(C(=O)c1cccc(C#N)c1)C(=O)c1cccc(C#N)c1. The summed E-state index contributed by atoms with van der Waals surface area (Å²) in [7, 11) is 0. The van der Waals surface area contributed by atoms with Gasteiger partial charge in [-0.1, -0.05) is 24.3 Å². The van der Waals surface area contributed by atoms with Crippen LogP contribution >= 0.6 is 0 Å². The highest BCUT2D eigenvalue weighted by Gasteiger charge is 2.37. The first-order chi connectivity index (χ1) is 10.9. The zero-order chi connectivity index (χ0) is 17.0. The Balaban J connectivity index is 2.40. The molecule has 0 aliphatic heterocycles. The van der Waals surface area contributed by atoms with Gasteiger partial charge >= 0.3 is 0 Å². The van der Waals surface area contributed by atoms with Crippen LogP contribution in [0, 0.1) is 28.1 Å². The number of carbonyl (C=O) groups is 2. The first-order valence-corrected chi connectivity index (χ1v) is 7.00. The quantitative estimate of drug-likeness (QED) is 0.639. The predicted octanol–water partition coefficient (Wildman–Crippen LogP) is 3.52. The van der Waals surface area contributed by atoms with Crippen molar-refractivity contribution in [3.05, 3.63) is 70.8 Å². The molecule has 0 N–H and O–H groups in total. The molecule has 0 aliphatic rings. The molecule has 0 amide bonds. The highest BCUT2D eigenvalue weighted by atomic mass is 16.2. The maximum Gasteiger partial charge on any atom is 0.176 e. The van der Waals surface area contributed by atoms with Gasteiger partial charge in [-0.05, 0) is 38.1 Å². The average molecular weight is 302 g/mol. The van der Waals surface area contributed by atoms with Crippen LogP contribution in [0.25, 0.3) is 0 Å². The van der Waals surface area contributed by atoms with Crippen molar-refractivity contribution in [2.24, 2.45) is 5.41 Å². The molecule has 2 aromatic rings. The van der Waals surface area contributed by atoms with Crippen LogP contribution in [-0.2, 0) is 0 Å². The van der Waals surface area contributed by atoms with Crippen molar-refractivity contribution in [2.45, 2.75) is 13.8 Å². The molecule has 4 heteroatoms. The first-order valence-electron chi connectivity index (χ1n) is 7.00. The molecule has 23 heavy (non-hydrogen) atoms. The van der Waals surface area contributed by atoms with Crippen molar-refractivity contribution in [3.8, 4) is 12.1 Å². The Morgan fingerprint density at radius 3 is 1.57 bits per heavy atom. The van der Waals surface area contributed by atoms with Crippen LogP contribution in [0.5, 0.6) is 0 Å². The second-order valence-corrected chi connectivity index (χ2v) is 5.67. The number of hydrogen-bond acceptors (Lipinski definition) is 4. The molecule has 0 atom stereocenters. The fourth-order valence-electron chi connectivity index (χ4n) is 2.28. The Kier molecular flexibility index (Phi) is 4.39. The second-order valence-electron chi connectivity index (χ2n) is 5.67. The molecular formula is C19H14N2O2. The van der Waals surface area contributed by atoms with Gasteiger partial charge in [0, 0.05) is 11.1 Å². The van der Waals surface area contributed by atoms with Gasteiger partial charge in [-0.3, -0.25) is 9.59 Å². The molecule has 0 bridgehead atoms. The molecule has 0 aromatic heterocycles. The Bertz CT molecular complexity index is 796. The molecule has 4 nitrogen and oxygen atoms in total. The van der Waals surface area contributed by atoms with E-state index in [1.807, 2.05) is 12.1 Å². The van der Waals surface area contributed by atoms with E-state index in [1.165, 1.54) is 12.1 Å². The first kappa shape index (κ1) is 16.1. The minimum absolute atomic E-state index is 0.318. The normalized spacial score (nSPS) is 10.4. The van der Waals surface area contributed by atoms with E-state index >= 15 is 0 Å². The van der Waals surface area contributed by atoms with E-state index in [4.69, 9.17) is 10.5 Å². The van der Waals surface area contributed by atoms with E-state index in [0.717, 1.165) is 0 Å². The fraction of sp³-hybridized carbons (Fsp3) is 0.158. The lowest BCUT2D eigenvalue weighted by Crippen LogP contribution is -2.33. The van der Waals surface area contributed by atoms with Gasteiger partial charge in [0.15, 0.2) is 11.6 Å². The molecule has 0 heterocycles. The third kappa shape index (κ3) is 3.17. The summed E-state index contributed by atoms with van der Waals surface area (Å²) in [6.07, 6.45) is 0. The fourth-order valence-corrected chi connectivity index (χ4v) is 2.28. The van der Waals surface area contributed by atoms with Crippen molar-refractivity contribution in [2.75, 3.05) is 0 Å². The number of hydrogen-bond donors (Lipinski definition) is 0. The lowest BCUT2D eigenvalue weighted by molar-refractivity contribution is 0.0711. The largest absolute Gasteiger partial charge is 0.293 e. The molecule has 2 rings (SSSR count). The van der Waals surface area contributed by atoms with Crippen molar-refractivity contribution in [1.82, 2.24) is 0 Å². The zero-order valence-electron chi connectivity index (χ0n) is 12.8. The Labute approximate surface area is 134 Å². The van der Waals surface area contributed by atoms with E-state index in [2.05, 4.69) is 0 Å². The maximum absolute atomic E-state index is 12.7. The van der Waals surface area contributed by atoms with Crippen molar-refractivity contribution in [1.29, 1.82) is 10.5 Å². The summed E-state index contributed by atoms with van der Waals surface area (Å²) in [6, 6.07) is 16.5. The maximum atomic E-state index is 12.7. The number of carbonyl (C=O) groups excluding carboxylic acids is 2. The molecule has 0 spiro atoms. The zero-order valence-corrected chi connectivity index (χ0v) is 12.8. The van der Waals surface area contributed by atoms with Gasteiger partial charge in [-0.15, -0.1) is 0 Å². The van der Waals surface area contributed by atoms with Gasteiger partial charge in [-0.25, -0.2) is 0 Å². The number of benzene rings is 2. The minimum atomic E-state index is -1.29.